The van der Waals surface area contributed by atoms with E-state index in [0.717, 1.165) is 19.6 Å². The quantitative estimate of drug-likeness (QED) is 0.711. The summed E-state index contributed by atoms with van der Waals surface area (Å²) >= 11 is 0. The summed E-state index contributed by atoms with van der Waals surface area (Å²) in [5, 5.41) is 10.6. The number of fused-ring (bicyclic) bond motifs is 1. The Hall–Kier alpha value is -1.76. The van der Waals surface area contributed by atoms with Crippen LogP contribution in [0, 0.1) is 5.92 Å². The summed E-state index contributed by atoms with van der Waals surface area (Å²) in [5.74, 6) is 1.44. The van der Waals surface area contributed by atoms with E-state index < -0.39 is 0 Å². The van der Waals surface area contributed by atoms with E-state index in [4.69, 9.17) is 4.74 Å². The lowest BCUT2D eigenvalue weighted by Gasteiger charge is -1.95. The fourth-order valence-corrected chi connectivity index (χ4v) is 1.54. The number of nitrogens with one attached hydrogen (secondary N) is 1. The zero-order chi connectivity index (χ0) is 10.1. The Morgan fingerprint density at radius 2 is 2.60 bits per heavy atom. The molecule has 0 amide bonds. The molecule has 2 aromatic heterocycles. The van der Waals surface area contributed by atoms with Crippen LogP contribution in [0.15, 0.2) is 11.3 Å². The Morgan fingerprint density at radius 3 is 3.47 bits per heavy atom. The largest absolute Gasteiger partial charge is 0.381 e. The Kier molecular flexibility index (Phi) is 1.95. The van der Waals surface area contributed by atoms with E-state index in [9.17, 15) is 0 Å². The molecule has 0 saturated carbocycles. The lowest BCUT2D eigenvalue weighted by Crippen LogP contribution is -1.99. The first-order valence-electron chi connectivity index (χ1n) is 4.80. The predicted octanol–water partition coefficient (Wildman–Crippen LogP) is 0.191. The number of aromatic amines is 1. The molecule has 3 heterocycles. The highest BCUT2D eigenvalue weighted by atomic mass is 16.5. The number of hydrogen-bond acceptors (Lipinski definition) is 5. The smallest absolute Gasteiger partial charge is 0.273 e. The van der Waals surface area contributed by atoms with Crippen molar-refractivity contribution in [2.75, 3.05) is 13.2 Å². The topological polar surface area (TPSA) is 80.5 Å². The van der Waals surface area contributed by atoms with Gasteiger partial charge in [0, 0.05) is 18.7 Å². The molecule has 0 bridgehead atoms. The first kappa shape index (κ1) is 8.54. The Morgan fingerprint density at radius 1 is 1.60 bits per heavy atom. The van der Waals surface area contributed by atoms with Crippen LogP contribution in [0.3, 0.4) is 0 Å². The molecule has 0 spiro atoms. The minimum atomic E-state index is 0.389. The molecular formula is C8H10N6O. The molecule has 7 nitrogen and oxygen atoms in total. The fraction of sp³-hybridized carbons (Fsp3) is 0.500. The third kappa shape index (κ3) is 1.50. The number of rotatable bonds is 2. The van der Waals surface area contributed by atoms with Crippen molar-refractivity contribution in [2.45, 2.75) is 6.42 Å². The van der Waals surface area contributed by atoms with Crippen molar-refractivity contribution >= 4 is 17.9 Å². The number of nitrogens with zero attached hydrogens (tertiary/aromatic N) is 5. The Balaban J connectivity index is 1.85. The van der Waals surface area contributed by atoms with Crippen LogP contribution in [0.4, 0.5) is 5.95 Å². The van der Waals surface area contributed by atoms with E-state index in [1.807, 2.05) is 6.21 Å². The van der Waals surface area contributed by atoms with Crippen molar-refractivity contribution < 1.29 is 4.74 Å². The average molecular weight is 206 g/mol. The standard InChI is InChI=1S/C8H10N6O/c1-2-15-4-6(1)3-9-7-12-13-8-10-5-11-14(7)8/h3,5-6H,1-2,4H2,(H,10,11,13)/t6-/m1/s1. The summed E-state index contributed by atoms with van der Waals surface area (Å²) in [6.07, 6.45) is 4.44. The lowest BCUT2D eigenvalue weighted by atomic mass is 10.1. The van der Waals surface area contributed by atoms with Gasteiger partial charge in [0.2, 0.25) is 0 Å². The molecule has 1 N–H and O–H groups in total. The third-order valence-corrected chi connectivity index (χ3v) is 2.36. The van der Waals surface area contributed by atoms with Crippen LogP contribution < -0.4 is 0 Å². The van der Waals surface area contributed by atoms with Gasteiger partial charge in [-0.1, -0.05) is 0 Å². The first-order chi connectivity index (χ1) is 7.43. The second-order valence-electron chi connectivity index (χ2n) is 3.42. The minimum Gasteiger partial charge on any atom is -0.381 e. The summed E-state index contributed by atoms with van der Waals surface area (Å²) in [4.78, 5) is 8.22. The van der Waals surface area contributed by atoms with Crippen LogP contribution in [0.5, 0.6) is 0 Å². The lowest BCUT2D eigenvalue weighted by molar-refractivity contribution is 0.193. The van der Waals surface area contributed by atoms with Gasteiger partial charge in [-0.15, -0.1) is 10.2 Å². The van der Waals surface area contributed by atoms with E-state index in [0.29, 0.717) is 17.6 Å². The maximum absolute atomic E-state index is 5.25. The maximum Gasteiger partial charge on any atom is 0.273 e. The summed E-state index contributed by atoms with van der Waals surface area (Å²) < 4.78 is 6.88. The molecule has 2 aromatic rings. The number of ether oxygens (including phenoxy) is 1. The molecule has 1 fully saturated rings. The number of H-pyrrole nitrogens is 1. The van der Waals surface area contributed by atoms with Gasteiger partial charge >= 0.3 is 0 Å². The zero-order valence-corrected chi connectivity index (χ0v) is 8.00. The molecule has 78 valence electrons. The molecule has 15 heavy (non-hydrogen) atoms. The molecule has 1 aliphatic rings. The van der Waals surface area contributed by atoms with Crippen molar-refractivity contribution in [3.05, 3.63) is 6.33 Å². The number of hydrogen-bond donors (Lipinski definition) is 1. The monoisotopic (exact) mass is 206 g/mol. The highest BCUT2D eigenvalue weighted by Crippen LogP contribution is 2.12. The highest BCUT2D eigenvalue weighted by molar-refractivity contribution is 5.64. The molecular weight excluding hydrogens is 196 g/mol. The van der Waals surface area contributed by atoms with Gasteiger partial charge in [0.25, 0.3) is 11.7 Å². The van der Waals surface area contributed by atoms with Gasteiger partial charge in [-0.05, 0) is 6.42 Å². The average Bonchev–Trinajstić information content (AvgIpc) is 2.93. The Bertz CT molecular complexity index is 480. The van der Waals surface area contributed by atoms with Crippen molar-refractivity contribution in [3.63, 3.8) is 0 Å². The van der Waals surface area contributed by atoms with Gasteiger partial charge in [0.15, 0.2) is 0 Å². The van der Waals surface area contributed by atoms with Crippen LogP contribution in [-0.2, 0) is 4.74 Å². The third-order valence-electron chi connectivity index (χ3n) is 2.36. The molecule has 1 aliphatic heterocycles. The SMILES string of the molecule is C(=Nc1nnc2nc[nH]n12)[C@H]1CCOC1. The van der Waals surface area contributed by atoms with Crippen LogP contribution in [0.1, 0.15) is 6.42 Å². The molecule has 0 unspecified atom stereocenters. The molecule has 1 saturated heterocycles. The molecule has 0 radical (unpaired) electrons. The normalized spacial score (nSPS) is 22.0. The molecule has 3 rings (SSSR count). The predicted molar refractivity (Wildman–Crippen MR) is 52.2 cm³/mol. The van der Waals surface area contributed by atoms with E-state index in [1.54, 1.807) is 10.8 Å². The van der Waals surface area contributed by atoms with Gasteiger partial charge < -0.3 is 4.74 Å². The van der Waals surface area contributed by atoms with Gasteiger partial charge in [-0.3, -0.25) is 5.10 Å². The molecule has 1 atom stereocenters. The maximum atomic E-state index is 5.25. The number of aromatic nitrogens is 5. The van der Waals surface area contributed by atoms with Gasteiger partial charge in [-0.2, -0.15) is 9.50 Å². The molecule has 0 aliphatic carbocycles. The van der Waals surface area contributed by atoms with E-state index in [-0.39, 0.29) is 0 Å². The van der Waals surface area contributed by atoms with Crippen LogP contribution >= 0.6 is 0 Å². The minimum absolute atomic E-state index is 0.389. The summed E-state index contributed by atoms with van der Waals surface area (Å²) in [5.41, 5.74) is 0. The molecule has 7 heteroatoms. The second kappa shape index (κ2) is 3.43. The van der Waals surface area contributed by atoms with Gasteiger partial charge in [0.1, 0.15) is 6.33 Å². The second-order valence-corrected chi connectivity index (χ2v) is 3.42. The zero-order valence-electron chi connectivity index (χ0n) is 8.00. The van der Waals surface area contributed by atoms with E-state index >= 15 is 0 Å². The Labute approximate surface area is 85.2 Å². The number of aliphatic imine (C=N–C) groups is 1. The summed E-state index contributed by atoms with van der Waals surface area (Å²) in [6, 6.07) is 0. The van der Waals surface area contributed by atoms with Crippen molar-refractivity contribution in [2.24, 2.45) is 10.9 Å². The van der Waals surface area contributed by atoms with E-state index in [2.05, 4.69) is 25.3 Å². The van der Waals surface area contributed by atoms with E-state index in [1.165, 1.54) is 0 Å². The first-order valence-corrected chi connectivity index (χ1v) is 4.80. The van der Waals surface area contributed by atoms with Gasteiger partial charge in [-0.25, -0.2) is 4.99 Å². The summed E-state index contributed by atoms with van der Waals surface area (Å²) in [7, 11) is 0. The highest BCUT2D eigenvalue weighted by Gasteiger charge is 2.13. The van der Waals surface area contributed by atoms with Crippen LogP contribution in [0.25, 0.3) is 5.78 Å². The van der Waals surface area contributed by atoms with Crippen molar-refractivity contribution in [1.82, 2.24) is 24.8 Å². The van der Waals surface area contributed by atoms with Crippen LogP contribution in [-0.4, -0.2) is 44.2 Å². The fourth-order valence-electron chi connectivity index (χ4n) is 1.54. The summed E-state index contributed by atoms with van der Waals surface area (Å²) in [6.45, 7) is 1.56. The van der Waals surface area contributed by atoms with Crippen LogP contribution in [0.2, 0.25) is 0 Å². The molecule has 0 aromatic carbocycles. The van der Waals surface area contributed by atoms with Crippen molar-refractivity contribution in [3.8, 4) is 0 Å². The van der Waals surface area contributed by atoms with Crippen molar-refractivity contribution in [1.29, 1.82) is 0 Å². The van der Waals surface area contributed by atoms with Gasteiger partial charge in [0.05, 0.1) is 6.61 Å².